The molecule has 1 unspecified atom stereocenters. The van der Waals surface area contributed by atoms with E-state index in [9.17, 15) is 5.11 Å². The molecule has 1 aromatic rings. The summed E-state index contributed by atoms with van der Waals surface area (Å²) in [6.45, 7) is 0.969. The van der Waals surface area contributed by atoms with E-state index in [0.717, 1.165) is 24.5 Å². The van der Waals surface area contributed by atoms with Gasteiger partial charge in [-0.1, -0.05) is 12.2 Å². The highest BCUT2D eigenvalue weighted by atomic mass is 16.5. The predicted octanol–water partition coefficient (Wildman–Crippen LogP) is 1.48. The second-order valence-electron chi connectivity index (χ2n) is 6.23. The highest BCUT2D eigenvalue weighted by Gasteiger charge is 2.53. The molecule has 4 rings (SSSR count). The van der Waals surface area contributed by atoms with Crippen molar-refractivity contribution in [3.8, 4) is 11.5 Å². The standard InChI is InChI=1S/C17H20NO3/c1-18-8-7-17-6-5-12(19)9-14(17)21-16-13(20-2)4-3-11(10-18)15(16)17/h3-6,10,12,14,19H,7-9H2,1-2H3/q+1/t12-,14-,17?/m1/s1. The van der Waals surface area contributed by atoms with Gasteiger partial charge in [0, 0.05) is 24.0 Å². The summed E-state index contributed by atoms with van der Waals surface area (Å²) in [5, 5.41) is 9.97. The Balaban J connectivity index is 1.99. The molecule has 2 heterocycles. The zero-order valence-electron chi connectivity index (χ0n) is 12.4. The summed E-state index contributed by atoms with van der Waals surface area (Å²) in [5.41, 5.74) is 2.27. The highest BCUT2D eigenvalue weighted by molar-refractivity contribution is 5.83. The summed E-state index contributed by atoms with van der Waals surface area (Å²) in [5.74, 6) is 1.63. The molecule has 3 aliphatic rings. The van der Waals surface area contributed by atoms with Gasteiger partial charge < -0.3 is 14.6 Å². The van der Waals surface area contributed by atoms with Crippen LogP contribution in [-0.4, -0.2) is 48.8 Å². The van der Waals surface area contributed by atoms with Crippen LogP contribution in [0.4, 0.5) is 0 Å². The monoisotopic (exact) mass is 286 g/mol. The minimum absolute atomic E-state index is 0.0116. The largest absolute Gasteiger partial charge is 0.493 e. The van der Waals surface area contributed by atoms with E-state index in [0.29, 0.717) is 6.42 Å². The van der Waals surface area contributed by atoms with Gasteiger partial charge in [0.05, 0.1) is 18.6 Å². The fourth-order valence-corrected chi connectivity index (χ4v) is 3.92. The van der Waals surface area contributed by atoms with E-state index >= 15 is 0 Å². The molecule has 0 fully saturated rings. The number of benzene rings is 1. The fraction of sp³-hybridized carbons (Fsp3) is 0.471. The van der Waals surface area contributed by atoms with Crippen LogP contribution in [0.2, 0.25) is 0 Å². The van der Waals surface area contributed by atoms with E-state index in [1.54, 1.807) is 7.11 Å². The minimum atomic E-state index is -0.422. The van der Waals surface area contributed by atoms with E-state index in [1.807, 2.05) is 12.1 Å². The SMILES string of the molecule is COc1ccc2c3c1O[C@@H]1C[C@H](O)C=CC31CC[N+](C)=C2. The molecule has 1 N–H and O–H groups in total. The van der Waals surface area contributed by atoms with Gasteiger partial charge in [0.1, 0.15) is 19.7 Å². The lowest BCUT2D eigenvalue weighted by molar-refractivity contribution is -0.493. The average molecular weight is 286 g/mol. The number of rotatable bonds is 1. The minimum Gasteiger partial charge on any atom is -0.493 e. The molecule has 0 saturated heterocycles. The molecule has 0 amide bonds. The van der Waals surface area contributed by atoms with Crippen LogP contribution in [0.1, 0.15) is 24.0 Å². The Morgan fingerprint density at radius 1 is 1.43 bits per heavy atom. The lowest BCUT2D eigenvalue weighted by Crippen LogP contribution is -2.42. The van der Waals surface area contributed by atoms with Crippen LogP contribution in [-0.2, 0) is 5.41 Å². The Morgan fingerprint density at radius 2 is 2.29 bits per heavy atom. The van der Waals surface area contributed by atoms with E-state index < -0.39 is 6.10 Å². The van der Waals surface area contributed by atoms with Crippen LogP contribution in [0.5, 0.6) is 11.5 Å². The van der Waals surface area contributed by atoms with E-state index in [2.05, 4.69) is 30.0 Å². The molecule has 1 aliphatic carbocycles. The van der Waals surface area contributed by atoms with Gasteiger partial charge >= 0.3 is 0 Å². The maximum atomic E-state index is 9.97. The quantitative estimate of drug-likeness (QED) is 0.628. The second kappa shape index (κ2) is 4.34. The molecule has 0 bridgehead atoms. The van der Waals surface area contributed by atoms with Crippen LogP contribution >= 0.6 is 0 Å². The molecule has 3 atom stereocenters. The van der Waals surface area contributed by atoms with Gasteiger partial charge in [0.2, 0.25) is 0 Å². The van der Waals surface area contributed by atoms with Crippen molar-refractivity contribution in [2.75, 3.05) is 20.7 Å². The third kappa shape index (κ3) is 1.69. The van der Waals surface area contributed by atoms with Gasteiger partial charge in [-0.25, -0.2) is 4.58 Å². The van der Waals surface area contributed by atoms with Gasteiger partial charge in [-0.2, -0.15) is 0 Å². The molecule has 0 saturated carbocycles. The molecule has 4 heteroatoms. The number of methoxy groups -OCH3 is 1. The van der Waals surface area contributed by atoms with E-state index in [1.165, 1.54) is 11.1 Å². The lowest BCUT2D eigenvalue weighted by atomic mass is 9.69. The zero-order chi connectivity index (χ0) is 14.6. The van der Waals surface area contributed by atoms with Crippen LogP contribution < -0.4 is 9.47 Å². The predicted molar refractivity (Wildman–Crippen MR) is 79.7 cm³/mol. The first-order valence-electron chi connectivity index (χ1n) is 7.45. The first-order chi connectivity index (χ1) is 10.1. The number of nitrogens with zero attached hydrogens (tertiary/aromatic N) is 1. The Labute approximate surface area is 124 Å². The summed E-state index contributed by atoms with van der Waals surface area (Å²) in [4.78, 5) is 0. The molecule has 1 spiro atoms. The number of aliphatic hydroxyl groups is 1. The summed E-state index contributed by atoms with van der Waals surface area (Å²) in [7, 11) is 3.78. The van der Waals surface area contributed by atoms with Gasteiger partial charge in [0.25, 0.3) is 0 Å². The first kappa shape index (κ1) is 12.9. The van der Waals surface area contributed by atoms with Crippen molar-refractivity contribution in [2.45, 2.75) is 30.5 Å². The maximum absolute atomic E-state index is 9.97. The lowest BCUT2D eigenvalue weighted by Gasteiger charge is -2.34. The zero-order valence-corrected chi connectivity index (χ0v) is 12.4. The number of ether oxygens (including phenoxy) is 2. The van der Waals surface area contributed by atoms with Crippen molar-refractivity contribution in [1.82, 2.24) is 0 Å². The van der Waals surface area contributed by atoms with Crippen molar-refractivity contribution in [3.05, 3.63) is 35.4 Å². The Kier molecular flexibility index (Phi) is 2.67. The van der Waals surface area contributed by atoms with Gasteiger partial charge in [-0.3, -0.25) is 0 Å². The van der Waals surface area contributed by atoms with Gasteiger partial charge in [0.15, 0.2) is 17.7 Å². The third-order valence-electron chi connectivity index (χ3n) is 4.98. The Hall–Kier alpha value is -1.81. The van der Waals surface area contributed by atoms with Crippen molar-refractivity contribution < 1.29 is 19.2 Å². The smallest absolute Gasteiger partial charge is 0.170 e. The number of hydrogen-bond acceptors (Lipinski definition) is 3. The van der Waals surface area contributed by atoms with Crippen molar-refractivity contribution in [2.24, 2.45) is 0 Å². The summed E-state index contributed by atoms with van der Waals surface area (Å²) < 4.78 is 13.9. The maximum Gasteiger partial charge on any atom is 0.170 e. The normalized spacial score (nSPS) is 32.6. The molecule has 21 heavy (non-hydrogen) atoms. The first-order valence-corrected chi connectivity index (χ1v) is 7.45. The number of aliphatic hydroxyl groups excluding tert-OH is 1. The van der Waals surface area contributed by atoms with Crippen LogP contribution in [0, 0.1) is 0 Å². The molecule has 110 valence electrons. The van der Waals surface area contributed by atoms with Gasteiger partial charge in [-0.05, 0) is 12.1 Å². The molecule has 0 radical (unpaired) electrons. The molecular weight excluding hydrogens is 266 g/mol. The van der Waals surface area contributed by atoms with Gasteiger partial charge in [-0.15, -0.1) is 0 Å². The van der Waals surface area contributed by atoms with E-state index in [-0.39, 0.29) is 11.5 Å². The summed E-state index contributed by atoms with van der Waals surface area (Å²) >= 11 is 0. The Bertz CT molecular complexity index is 664. The van der Waals surface area contributed by atoms with Crippen molar-refractivity contribution in [3.63, 3.8) is 0 Å². The molecule has 2 aliphatic heterocycles. The fourth-order valence-electron chi connectivity index (χ4n) is 3.92. The summed E-state index contributed by atoms with van der Waals surface area (Å²) in [6.07, 6.45) is 7.45. The molecular formula is C17H20NO3+. The topological polar surface area (TPSA) is 41.7 Å². The molecule has 4 nitrogen and oxygen atoms in total. The summed E-state index contributed by atoms with van der Waals surface area (Å²) in [6, 6.07) is 4.07. The molecule has 1 aromatic carbocycles. The Morgan fingerprint density at radius 3 is 3.10 bits per heavy atom. The molecule has 0 aromatic heterocycles. The number of hydrogen-bond donors (Lipinski definition) is 1. The van der Waals surface area contributed by atoms with Crippen LogP contribution in [0.25, 0.3) is 0 Å². The van der Waals surface area contributed by atoms with Crippen molar-refractivity contribution in [1.29, 1.82) is 0 Å². The highest BCUT2D eigenvalue weighted by Crippen LogP contribution is 2.54. The van der Waals surface area contributed by atoms with E-state index in [4.69, 9.17) is 9.47 Å². The van der Waals surface area contributed by atoms with Crippen LogP contribution in [0.15, 0.2) is 24.3 Å². The third-order valence-corrected chi connectivity index (χ3v) is 4.98. The van der Waals surface area contributed by atoms with Crippen LogP contribution in [0.3, 0.4) is 0 Å². The second-order valence-corrected chi connectivity index (χ2v) is 6.23. The average Bonchev–Trinajstić information content (AvgIpc) is 2.72. The van der Waals surface area contributed by atoms with Crippen molar-refractivity contribution >= 4 is 6.21 Å².